The molecule has 0 radical (unpaired) electrons. The molecule has 0 spiro atoms. The van der Waals surface area contributed by atoms with Crippen LogP contribution in [-0.2, 0) is 0 Å². The Hall–Kier alpha value is -0.320. The van der Waals surface area contributed by atoms with E-state index in [0.717, 1.165) is 16.0 Å². The van der Waals surface area contributed by atoms with Gasteiger partial charge in [0.2, 0.25) is 0 Å². The molecule has 1 saturated carbocycles. The van der Waals surface area contributed by atoms with Gasteiger partial charge in [-0.3, -0.25) is 0 Å². The molecule has 1 aromatic carbocycles. The maximum absolute atomic E-state index is 13.5. The quantitative estimate of drug-likeness (QED) is 0.808. The largest absolute Gasteiger partial charge is 0.382 e. The van der Waals surface area contributed by atoms with Crippen LogP contribution in [0.4, 0.5) is 10.1 Å². The van der Waals surface area contributed by atoms with Gasteiger partial charge in [-0.2, -0.15) is 0 Å². The van der Waals surface area contributed by atoms with Gasteiger partial charge in [-0.05, 0) is 59.5 Å². The summed E-state index contributed by atoms with van der Waals surface area (Å²) in [5, 5.41) is 3.23. The molecule has 16 heavy (non-hydrogen) atoms. The molecule has 1 aliphatic carbocycles. The van der Waals surface area contributed by atoms with Gasteiger partial charge < -0.3 is 5.32 Å². The molecule has 0 aromatic heterocycles. The molecule has 88 valence electrons. The van der Waals surface area contributed by atoms with E-state index in [1.54, 1.807) is 6.07 Å². The van der Waals surface area contributed by atoms with Gasteiger partial charge in [0.15, 0.2) is 0 Å². The molecule has 1 nitrogen and oxygen atoms in total. The highest BCUT2D eigenvalue weighted by molar-refractivity contribution is 14.1. The van der Waals surface area contributed by atoms with Crippen LogP contribution in [0, 0.1) is 15.3 Å². The van der Waals surface area contributed by atoms with Gasteiger partial charge in [-0.15, -0.1) is 0 Å². The van der Waals surface area contributed by atoms with E-state index in [1.807, 2.05) is 12.1 Å². The SMILES string of the molecule is Fc1cc(I)ccc1NCC1CCCCC1. The Labute approximate surface area is 110 Å². The standard InChI is InChI=1S/C13H17FIN/c14-12-8-11(15)6-7-13(12)16-9-10-4-2-1-3-5-10/h6-8,10,16H,1-5,9H2. The minimum atomic E-state index is -0.136. The van der Waals surface area contributed by atoms with Gasteiger partial charge in [0.05, 0.1) is 5.69 Å². The molecule has 0 unspecified atom stereocenters. The van der Waals surface area contributed by atoms with E-state index in [9.17, 15) is 4.39 Å². The molecular weight excluding hydrogens is 316 g/mol. The second-order valence-electron chi connectivity index (χ2n) is 4.51. The Morgan fingerprint density at radius 2 is 2.00 bits per heavy atom. The second kappa shape index (κ2) is 5.84. The molecule has 3 heteroatoms. The summed E-state index contributed by atoms with van der Waals surface area (Å²) < 4.78 is 14.5. The lowest BCUT2D eigenvalue weighted by atomic mass is 9.89. The van der Waals surface area contributed by atoms with Gasteiger partial charge in [0, 0.05) is 10.1 Å². The molecule has 1 fully saturated rings. The topological polar surface area (TPSA) is 12.0 Å². The molecule has 0 bridgehead atoms. The lowest BCUT2D eigenvalue weighted by Crippen LogP contribution is -2.17. The van der Waals surface area contributed by atoms with E-state index in [2.05, 4.69) is 27.9 Å². The number of nitrogens with one attached hydrogen (secondary N) is 1. The number of benzene rings is 1. The van der Waals surface area contributed by atoms with Crippen molar-refractivity contribution in [3.05, 3.63) is 27.6 Å². The summed E-state index contributed by atoms with van der Waals surface area (Å²) >= 11 is 2.13. The van der Waals surface area contributed by atoms with Crippen LogP contribution in [-0.4, -0.2) is 6.54 Å². The van der Waals surface area contributed by atoms with Crippen LogP contribution in [0.25, 0.3) is 0 Å². The van der Waals surface area contributed by atoms with E-state index in [-0.39, 0.29) is 5.82 Å². The van der Waals surface area contributed by atoms with Crippen molar-refractivity contribution in [2.24, 2.45) is 5.92 Å². The molecule has 2 rings (SSSR count). The third-order valence-corrected chi connectivity index (χ3v) is 3.91. The Kier molecular flexibility index (Phi) is 4.44. The van der Waals surface area contributed by atoms with Crippen molar-refractivity contribution in [1.82, 2.24) is 0 Å². The van der Waals surface area contributed by atoms with Crippen molar-refractivity contribution in [2.45, 2.75) is 32.1 Å². The first-order valence-corrected chi connectivity index (χ1v) is 7.02. The zero-order chi connectivity index (χ0) is 11.4. The molecule has 1 N–H and O–H groups in total. The van der Waals surface area contributed by atoms with Crippen LogP contribution in [0.2, 0.25) is 0 Å². The average molecular weight is 333 g/mol. The zero-order valence-electron chi connectivity index (χ0n) is 9.31. The molecule has 0 aliphatic heterocycles. The summed E-state index contributed by atoms with van der Waals surface area (Å²) in [4.78, 5) is 0. The van der Waals surface area contributed by atoms with Gasteiger partial charge in [0.1, 0.15) is 5.82 Å². The second-order valence-corrected chi connectivity index (χ2v) is 5.75. The first kappa shape index (κ1) is 12.1. The van der Waals surface area contributed by atoms with E-state index < -0.39 is 0 Å². The van der Waals surface area contributed by atoms with E-state index in [0.29, 0.717) is 5.69 Å². The third kappa shape index (κ3) is 3.34. The molecule has 0 heterocycles. The summed E-state index contributed by atoms with van der Waals surface area (Å²) in [6, 6.07) is 5.34. The molecule has 0 saturated heterocycles. The lowest BCUT2D eigenvalue weighted by molar-refractivity contribution is 0.373. The summed E-state index contributed by atoms with van der Waals surface area (Å²) in [5.41, 5.74) is 0.644. The first-order valence-electron chi connectivity index (χ1n) is 5.94. The predicted molar refractivity (Wildman–Crippen MR) is 74.2 cm³/mol. The van der Waals surface area contributed by atoms with Gasteiger partial charge in [-0.1, -0.05) is 19.3 Å². The average Bonchev–Trinajstić information content (AvgIpc) is 2.29. The molecule has 0 amide bonds. The minimum Gasteiger partial charge on any atom is -0.382 e. The summed E-state index contributed by atoms with van der Waals surface area (Å²) in [6.07, 6.45) is 6.62. The maximum atomic E-state index is 13.5. The fourth-order valence-corrected chi connectivity index (χ4v) is 2.73. The van der Waals surface area contributed by atoms with Crippen LogP contribution in [0.1, 0.15) is 32.1 Å². The predicted octanol–water partition coefficient (Wildman–Crippen LogP) is 4.42. The van der Waals surface area contributed by atoms with Crippen molar-refractivity contribution >= 4 is 28.3 Å². The molecule has 1 aliphatic rings. The highest BCUT2D eigenvalue weighted by Gasteiger charge is 2.13. The van der Waals surface area contributed by atoms with Crippen molar-refractivity contribution in [3.8, 4) is 0 Å². The number of hydrogen-bond acceptors (Lipinski definition) is 1. The van der Waals surface area contributed by atoms with Crippen LogP contribution in [0.15, 0.2) is 18.2 Å². The van der Waals surface area contributed by atoms with Crippen LogP contribution in [0.3, 0.4) is 0 Å². The first-order chi connectivity index (χ1) is 7.75. The molecular formula is C13H17FIN. The van der Waals surface area contributed by atoms with E-state index >= 15 is 0 Å². The van der Waals surface area contributed by atoms with Crippen LogP contribution in [0.5, 0.6) is 0 Å². The summed E-state index contributed by atoms with van der Waals surface area (Å²) in [7, 11) is 0. The monoisotopic (exact) mass is 333 g/mol. The van der Waals surface area contributed by atoms with E-state index in [1.165, 1.54) is 32.1 Å². The fraction of sp³-hybridized carbons (Fsp3) is 0.538. The molecule has 1 aromatic rings. The Morgan fingerprint density at radius 1 is 1.25 bits per heavy atom. The highest BCUT2D eigenvalue weighted by Crippen LogP contribution is 2.24. The minimum absolute atomic E-state index is 0.136. The third-order valence-electron chi connectivity index (χ3n) is 3.24. The van der Waals surface area contributed by atoms with Gasteiger partial charge >= 0.3 is 0 Å². The van der Waals surface area contributed by atoms with Gasteiger partial charge in [-0.25, -0.2) is 4.39 Å². The van der Waals surface area contributed by atoms with Crippen molar-refractivity contribution in [1.29, 1.82) is 0 Å². The van der Waals surface area contributed by atoms with Crippen LogP contribution >= 0.6 is 22.6 Å². The number of anilines is 1. The molecule has 0 atom stereocenters. The normalized spacial score (nSPS) is 17.4. The maximum Gasteiger partial charge on any atom is 0.147 e. The van der Waals surface area contributed by atoms with Crippen molar-refractivity contribution in [3.63, 3.8) is 0 Å². The Morgan fingerprint density at radius 3 is 2.69 bits per heavy atom. The summed E-state index contributed by atoms with van der Waals surface area (Å²) in [6.45, 7) is 0.914. The van der Waals surface area contributed by atoms with Crippen LogP contribution < -0.4 is 5.32 Å². The lowest BCUT2D eigenvalue weighted by Gasteiger charge is -2.22. The van der Waals surface area contributed by atoms with Gasteiger partial charge in [0.25, 0.3) is 0 Å². The smallest absolute Gasteiger partial charge is 0.147 e. The Bertz CT molecular complexity index is 348. The number of hydrogen-bond donors (Lipinski definition) is 1. The Balaban J connectivity index is 1.88. The highest BCUT2D eigenvalue weighted by atomic mass is 127. The fourth-order valence-electron chi connectivity index (χ4n) is 2.28. The summed E-state index contributed by atoms with van der Waals surface area (Å²) in [5.74, 6) is 0.593. The number of halogens is 2. The zero-order valence-corrected chi connectivity index (χ0v) is 11.5. The van der Waals surface area contributed by atoms with Crippen molar-refractivity contribution in [2.75, 3.05) is 11.9 Å². The van der Waals surface area contributed by atoms with E-state index in [4.69, 9.17) is 0 Å². The number of rotatable bonds is 3. The van der Waals surface area contributed by atoms with Crippen molar-refractivity contribution < 1.29 is 4.39 Å².